The van der Waals surface area contributed by atoms with E-state index in [1.807, 2.05) is 54.6 Å². The fraction of sp³-hybridized carbons (Fsp3) is 0.294. The van der Waals surface area contributed by atoms with E-state index in [1.165, 1.54) is 0 Å². The number of azo groups is 1. The topological polar surface area (TPSA) is 101 Å². The molecule has 0 atom stereocenters. The van der Waals surface area contributed by atoms with Gasteiger partial charge in [0.2, 0.25) is 0 Å². The molecule has 0 aliphatic heterocycles. The molecule has 0 amide bonds. The first-order chi connectivity index (χ1) is 11.9. The Labute approximate surface area is 147 Å². The monoisotopic (exact) mass is 366 g/mol. The lowest BCUT2D eigenvalue weighted by molar-refractivity contribution is 0.121. The van der Waals surface area contributed by atoms with Crippen LogP contribution in [0.4, 0.5) is 11.4 Å². The van der Waals surface area contributed by atoms with E-state index in [2.05, 4.69) is 21.7 Å². The third-order valence-electron chi connectivity index (χ3n) is 2.83. The van der Waals surface area contributed by atoms with Gasteiger partial charge in [-0.05, 0) is 36.2 Å². The van der Waals surface area contributed by atoms with Crippen molar-refractivity contribution >= 4 is 19.2 Å². The molecule has 0 aliphatic carbocycles. The maximum absolute atomic E-state index is 9.47. The molecule has 0 unspecified atom stereocenters. The molecular formula is C17H23N2O5P. The SMILES string of the molecule is CCCOCc1ccc(N=Nc2ccccc2)cc1.COP(=O)(O)O. The van der Waals surface area contributed by atoms with Crippen LogP contribution in [0.5, 0.6) is 0 Å². The van der Waals surface area contributed by atoms with Gasteiger partial charge >= 0.3 is 7.82 Å². The number of rotatable bonds is 7. The van der Waals surface area contributed by atoms with Gasteiger partial charge in [-0.25, -0.2) is 4.57 Å². The molecule has 2 aromatic rings. The van der Waals surface area contributed by atoms with E-state index < -0.39 is 7.82 Å². The van der Waals surface area contributed by atoms with E-state index in [9.17, 15) is 4.57 Å². The van der Waals surface area contributed by atoms with Crippen molar-refractivity contribution in [3.63, 3.8) is 0 Å². The van der Waals surface area contributed by atoms with Crippen molar-refractivity contribution < 1.29 is 23.6 Å². The zero-order chi connectivity index (χ0) is 18.5. The fourth-order valence-electron chi connectivity index (χ4n) is 1.60. The van der Waals surface area contributed by atoms with Crippen molar-refractivity contribution in [3.05, 3.63) is 60.2 Å². The first kappa shape index (κ1) is 21.2. The van der Waals surface area contributed by atoms with Crippen molar-refractivity contribution in [1.29, 1.82) is 0 Å². The van der Waals surface area contributed by atoms with E-state index in [1.54, 1.807) is 0 Å². The fourth-order valence-corrected chi connectivity index (χ4v) is 1.60. The minimum Gasteiger partial charge on any atom is -0.377 e. The van der Waals surface area contributed by atoms with Crippen LogP contribution in [0, 0.1) is 0 Å². The molecule has 8 heteroatoms. The molecule has 0 aliphatic rings. The normalized spacial score (nSPS) is 11.2. The highest BCUT2D eigenvalue weighted by molar-refractivity contribution is 7.46. The van der Waals surface area contributed by atoms with Crippen LogP contribution in [0.3, 0.4) is 0 Å². The Morgan fingerprint density at radius 1 is 0.960 bits per heavy atom. The van der Waals surface area contributed by atoms with Crippen molar-refractivity contribution in [3.8, 4) is 0 Å². The zero-order valence-corrected chi connectivity index (χ0v) is 15.2. The van der Waals surface area contributed by atoms with Gasteiger partial charge in [0.05, 0.1) is 18.0 Å². The summed E-state index contributed by atoms with van der Waals surface area (Å²) in [6, 6.07) is 17.7. The Morgan fingerprint density at radius 2 is 1.48 bits per heavy atom. The Balaban J connectivity index is 0.000000450. The summed E-state index contributed by atoms with van der Waals surface area (Å²) >= 11 is 0. The molecule has 7 nitrogen and oxygen atoms in total. The van der Waals surface area contributed by atoms with Crippen LogP contribution in [0.1, 0.15) is 18.9 Å². The van der Waals surface area contributed by atoms with Gasteiger partial charge < -0.3 is 14.5 Å². The van der Waals surface area contributed by atoms with Gasteiger partial charge in [-0.3, -0.25) is 4.52 Å². The molecular weight excluding hydrogens is 343 g/mol. The van der Waals surface area contributed by atoms with Crippen LogP contribution in [-0.4, -0.2) is 23.5 Å². The van der Waals surface area contributed by atoms with Crippen LogP contribution in [0.15, 0.2) is 64.8 Å². The zero-order valence-electron chi connectivity index (χ0n) is 14.3. The lowest BCUT2D eigenvalue weighted by atomic mass is 10.2. The molecule has 25 heavy (non-hydrogen) atoms. The maximum Gasteiger partial charge on any atom is 0.469 e. The molecule has 0 bridgehead atoms. The number of ether oxygens (including phenoxy) is 1. The van der Waals surface area contributed by atoms with E-state index in [0.717, 1.165) is 37.1 Å². The molecule has 0 fully saturated rings. The number of phosphoric acid groups is 1. The van der Waals surface area contributed by atoms with Crippen LogP contribution >= 0.6 is 7.82 Å². The maximum atomic E-state index is 9.47. The van der Waals surface area contributed by atoms with Gasteiger partial charge in [-0.15, -0.1) is 0 Å². The van der Waals surface area contributed by atoms with Crippen molar-refractivity contribution in [2.45, 2.75) is 20.0 Å². The van der Waals surface area contributed by atoms with Gasteiger partial charge in [-0.2, -0.15) is 10.2 Å². The summed E-state index contributed by atoms with van der Waals surface area (Å²) in [5.74, 6) is 0. The first-order valence-corrected chi connectivity index (χ1v) is 9.22. The Bertz CT molecular complexity index is 671. The summed E-state index contributed by atoms with van der Waals surface area (Å²) in [6.45, 7) is 3.56. The van der Waals surface area contributed by atoms with Crippen LogP contribution in [-0.2, 0) is 20.4 Å². The Kier molecular flexibility index (Phi) is 9.84. The molecule has 136 valence electrons. The number of hydrogen-bond donors (Lipinski definition) is 2. The molecule has 2 rings (SSSR count). The van der Waals surface area contributed by atoms with Gasteiger partial charge in [0.25, 0.3) is 0 Å². The van der Waals surface area contributed by atoms with Crippen molar-refractivity contribution in [2.75, 3.05) is 13.7 Å². The second-order valence-corrected chi connectivity index (χ2v) is 6.27. The molecule has 2 aromatic carbocycles. The van der Waals surface area contributed by atoms with Crippen molar-refractivity contribution in [1.82, 2.24) is 0 Å². The highest BCUT2D eigenvalue weighted by Crippen LogP contribution is 2.33. The predicted octanol–water partition coefficient (Wildman–Crippen LogP) is 4.75. The van der Waals surface area contributed by atoms with E-state index in [-0.39, 0.29) is 0 Å². The summed E-state index contributed by atoms with van der Waals surface area (Å²) in [4.78, 5) is 15.4. The quantitative estimate of drug-likeness (QED) is 0.418. The third-order valence-corrected chi connectivity index (χ3v) is 3.30. The lowest BCUT2D eigenvalue weighted by Gasteiger charge is -2.02. The summed E-state index contributed by atoms with van der Waals surface area (Å²) in [5.41, 5.74) is 2.87. The minimum absolute atomic E-state index is 0.657. The van der Waals surface area contributed by atoms with Crippen LogP contribution in [0.25, 0.3) is 0 Å². The summed E-state index contributed by atoms with van der Waals surface area (Å²) in [7, 11) is -3.20. The second kappa shape index (κ2) is 11.6. The number of nitrogens with zero attached hydrogens (tertiary/aromatic N) is 2. The molecule has 0 radical (unpaired) electrons. The first-order valence-electron chi connectivity index (χ1n) is 7.69. The summed E-state index contributed by atoms with van der Waals surface area (Å²) < 4.78 is 18.6. The average Bonchev–Trinajstić information content (AvgIpc) is 2.62. The van der Waals surface area contributed by atoms with E-state index in [4.69, 9.17) is 14.5 Å². The van der Waals surface area contributed by atoms with Crippen molar-refractivity contribution in [2.24, 2.45) is 10.2 Å². The lowest BCUT2D eigenvalue weighted by Crippen LogP contribution is -1.93. The second-order valence-electron chi connectivity index (χ2n) is 4.93. The van der Waals surface area contributed by atoms with Crippen LogP contribution in [0.2, 0.25) is 0 Å². The highest BCUT2D eigenvalue weighted by Gasteiger charge is 2.07. The molecule has 0 saturated carbocycles. The molecule has 0 spiro atoms. The molecule has 0 aromatic heterocycles. The van der Waals surface area contributed by atoms with Gasteiger partial charge in [0.1, 0.15) is 0 Å². The number of hydrogen-bond acceptors (Lipinski definition) is 5. The summed E-state index contributed by atoms with van der Waals surface area (Å²) in [5, 5.41) is 8.37. The van der Waals surface area contributed by atoms with Gasteiger partial charge in [0.15, 0.2) is 0 Å². The molecule has 2 N–H and O–H groups in total. The van der Waals surface area contributed by atoms with E-state index in [0.29, 0.717) is 6.61 Å². The Hall–Kier alpha value is -1.89. The molecule has 0 heterocycles. The predicted molar refractivity (Wildman–Crippen MR) is 96.1 cm³/mol. The number of benzene rings is 2. The third kappa shape index (κ3) is 10.6. The largest absolute Gasteiger partial charge is 0.469 e. The minimum atomic E-state index is -4.15. The number of phosphoric ester groups is 1. The Morgan fingerprint density at radius 3 is 1.96 bits per heavy atom. The van der Waals surface area contributed by atoms with Gasteiger partial charge in [-0.1, -0.05) is 37.3 Å². The van der Waals surface area contributed by atoms with E-state index >= 15 is 0 Å². The summed E-state index contributed by atoms with van der Waals surface area (Å²) in [6.07, 6.45) is 1.05. The van der Waals surface area contributed by atoms with Crippen LogP contribution < -0.4 is 0 Å². The van der Waals surface area contributed by atoms with Gasteiger partial charge in [0, 0.05) is 13.7 Å². The smallest absolute Gasteiger partial charge is 0.377 e. The average molecular weight is 366 g/mol. The molecule has 0 saturated heterocycles. The standard InChI is InChI=1S/C16H18N2O.CH5O4P/c1-2-12-19-13-14-8-10-16(11-9-14)18-17-15-6-4-3-5-7-15;1-5-6(2,3)4/h3-11H,2,12-13H2,1H3;1H3,(H2,2,3,4). The highest BCUT2D eigenvalue weighted by atomic mass is 31.2.